The van der Waals surface area contributed by atoms with Gasteiger partial charge in [0.15, 0.2) is 5.96 Å². The van der Waals surface area contributed by atoms with Crippen LogP contribution in [0.5, 0.6) is 0 Å². The third-order valence-corrected chi connectivity index (χ3v) is 4.12. The molecule has 0 spiro atoms. The Hall–Kier alpha value is -1.71. The third kappa shape index (κ3) is 3.24. The molecule has 0 radical (unpaired) electrons. The molecule has 0 aliphatic carbocycles. The van der Waals surface area contributed by atoms with Crippen LogP contribution in [0.3, 0.4) is 0 Å². The Kier molecular flexibility index (Phi) is 4.53. The van der Waals surface area contributed by atoms with Crippen LogP contribution in [0.25, 0.3) is 0 Å². The zero-order valence-electron chi connectivity index (χ0n) is 12.8. The molecule has 0 aromatic heterocycles. The maximum absolute atomic E-state index is 7.77. The summed E-state index contributed by atoms with van der Waals surface area (Å²) in [4.78, 5) is 4.33. The molecule has 0 saturated carbocycles. The second kappa shape index (κ2) is 6.16. The van der Waals surface area contributed by atoms with Crippen molar-refractivity contribution in [2.24, 2.45) is 11.7 Å². The number of benzene rings is 1. The van der Waals surface area contributed by atoms with Crippen LogP contribution in [0.4, 0.5) is 5.69 Å². The van der Waals surface area contributed by atoms with Crippen LogP contribution in [0, 0.1) is 11.3 Å². The van der Waals surface area contributed by atoms with Crippen LogP contribution < -0.4 is 10.6 Å². The molecule has 1 aliphatic rings. The fraction of sp³-hybridized carbons (Fsp3) is 0.562. The topological polar surface area (TPSA) is 56.4 Å². The van der Waals surface area contributed by atoms with Crippen LogP contribution in [0.2, 0.25) is 0 Å². The molecular formula is C16H26N4. The molecule has 1 aliphatic heterocycles. The van der Waals surface area contributed by atoms with Crippen molar-refractivity contribution in [3.63, 3.8) is 0 Å². The summed E-state index contributed by atoms with van der Waals surface area (Å²) in [5, 5.41) is 7.77. The van der Waals surface area contributed by atoms with E-state index in [0.717, 1.165) is 25.9 Å². The number of hydrogen-bond donors (Lipinski definition) is 2. The van der Waals surface area contributed by atoms with E-state index in [4.69, 9.17) is 11.1 Å². The minimum Gasteiger partial charge on any atom is -0.370 e. The standard InChI is InChI=1S/C16H26N4/c1-12(2)8-9-20(16(17)18)11-14-10-13-6-4-5-7-15(13)19(14)3/h4-7,12,14H,8-11H2,1-3H3,(H3,17,18). The van der Waals surface area contributed by atoms with Crippen molar-refractivity contribution in [2.75, 3.05) is 25.0 Å². The van der Waals surface area contributed by atoms with Crippen LogP contribution in [-0.4, -0.2) is 37.0 Å². The molecule has 1 aromatic rings. The van der Waals surface area contributed by atoms with E-state index in [-0.39, 0.29) is 5.96 Å². The smallest absolute Gasteiger partial charge is 0.188 e. The normalized spacial score (nSPS) is 17.4. The van der Waals surface area contributed by atoms with Gasteiger partial charge in [0, 0.05) is 25.8 Å². The summed E-state index contributed by atoms with van der Waals surface area (Å²) in [6.45, 7) is 6.10. The Balaban J connectivity index is 2.00. The lowest BCUT2D eigenvalue weighted by Crippen LogP contribution is -2.46. The van der Waals surface area contributed by atoms with Crippen LogP contribution in [-0.2, 0) is 6.42 Å². The molecule has 4 heteroatoms. The van der Waals surface area contributed by atoms with E-state index in [1.165, 1.54) is 11.3 Å². The fourth-order valence-corrected chi connectivity index (χ4v) is 2.78. The average Bonchev–Trinajstić information content (AvgIpc) is 2.71. The number of rotatable bonds is 5. The van der Waals surface area contributed by atoms with E-state index in [0.29, 0.717) is 12.0 Å². The number of likely N-dealkylation sites (N-methyl/N-ethyl adjacent to an activating group) is 1. The molecule has 1 unspecified atom stereocenters. The van der Waals surface area contributed by atoms with Gasteiger partial charge in [-0.15, -0.1) is 0 Å². The van der Waals surface area contributed by atoms with Crippen LogP contribution in [0.1, 0.15) is 25.8 Å². The maximum atomic E-state index is 7.77. The lowest BCUT2D eigenvalue weighted by atomic mass is 10.1. The average molecular weight is 274 g/mol. The number of nitrogens with zero attached hydrogens (tertiary/aromatic N) is 2. The van der Waals surface area contributed by atoms with Gasteiger partial charge in [-0.1, -0.05) is 32.0 Å². The monoisotopic (exact) mass is 274 g/mol. The van der Waals surface area contributed by atoms with Crippen molar-refractivity contribution < 1.29 is 0 Å². The lowest BCUT2D eigenvalue weighted by Gasteiger charge is -2.30. The molecule has 0 saturated heterocycles. The summed E-state index contributed by atoms with van der Waals surface area (Å²) in [6.07, 6.45) is 2.11. The highest BCUT2D eigenvalue weighted by Crippen LogP contribution is 2.30. The van der Waals surface area contributed by atoms with Crippen molar-refractivity contribution in [1.29, 1.82) is 5.41 Å². The first-order valence-electron chi connectivity index (χ1n) is 7.38. The number of nitrogens with one attached hydrogen (secondary N) is 1. The van der Waals surface area contributed by atoms with E-state index < -0.39 is 0 Å². The number of hydrogen-bond acceptors (Lipinski definition) is 2. The molecule has 2 rings (SSSR count). The predicted molar refractivity (Wildman–Crippen MR) is 85.3 cm³/mol. The highest BCUT2D eigenvalue weighted by molar-refractivity contribution is 5.74. The lowest BCUT2D eigenvalue weighted by molar-refractivity contribution is 0.350. The number of para-hydroxylation sites is 1. The Morgan fingerprint density at radius 3 is 2.75 bits per heavy atom. The van der Waals surface area contributed by atoms with Gasteiger partial charge in [0.1, 0.15) is 0 Å². The highest BCUT2D eigenvalue weighted by Gasteiger charge is 2.27. The molecule has 4 nitrogen and oxygen atoms in total. The van der Waals surface area contributed by atoms with Crippen molar-refractivity contribution in [2.45, 2.75) is 32.7 Å². The molecule has 20 heavy (non-hydrogen) atoms. The van der Waals surface area contributed by atoms with Crippen molar-refractivity contribution >= 4 is 11.6 Å². The summed E-state index contributed by atoms with van der Waals surface area (Å²) >= 11 is 0. The summed E-state index contributed by atoms with van der Waals surface area (Å²) in [5.41, 5.74) is 8.45. The van der Waals surface area contributed by atoms with Gasteiger partial charge in [-0.25, -0.2) is 0 Å². The number of nitrogens with two attached hydrogens (primary N) is 1. The fourth-order valence-electron chi connectivity index (χ4n) is 2.78. The van der Waals surface area contributed by atoms with Crippen molar-refractivity contribution in [3.8, 4) is 0 Å². The molecule has 110 valence electrons. The van der Waals surface area contributed by atoms with E-state index in [1.807, 2.05) is 4.90 Å². The summed E-state index contributed by atoms with van der Waals surface area (Å²) in [6, 6.07) is 8.94. The van der Waals surface area contributed by atoms with E-state index in [9.17, 15) is 0 Å². The second-order valence-corrected chi connectivity index (χ2v) is 6.11. The Bertz CT molecular complexity index is 469. The third-order valence-electron chi connectivity index (χ3n) is 4.12. The molecule has 3 N–H and O–H groups in total. The van der Waals surface area contributed by atoms with Gasteiger partial charge >= 0.3 is 0 Å². The quantitative estimate of drug-likeness (QED) is 0.640. The zero-order chi connectivity index (χ0) is 14.7. The first kappa shape index (κ1) is 14.7. The minimum atomic E-state index is 0.190. The molecule has 0 bridgehead atoms. The molecule has 1 heterocycles. The summed E-state index contributed by atoms with van der Waals surface area (Å²) in [7, 11) is 2.14. The van der Waals surface area contributed by atoms with Crippen LogP contribution >= 0.6 is 0 Å². The van der Waals surface area contributed by atoms with Gasteiger partial charge in [0.25, 0.3) is 0 Å². The zero-order valence-corrected chi connectivity index (χ0v) is 12.8. The first-order chi connectivity index (χ1) is 9.49. The second-order valence-electron chi connectivity index (χ2n) is 6.11. The number of guanidine groups is 1. The largest absolute Gasteiger partial charge is 0.370 e. The molecule has 1 aromatic carbocycles. The minimum absolute atomic E-state index is 0.190. The molecular weight excluding hydrogens is 248 g/mol. The molecule has 0 fully saturated rings. The first-order valence-corrected chi connectivity index (χ1v) is 7.38. The SMILES string of the molecule is CC(C)CCN(CC1Cc2ccccc2N1C)C(=N)N. The summed E-state index contributed by atoms with van der Waals surface area (Å²) in [5.74, 6) is 0.824. The highest BCUT2D eigenvalue weighted by atomic mass is 15.3. The van der Waals surface area contributed by atoms with Gasteiger partial charge < -0.3 is 15.5 Å². The molecule has 0 amide bonds. The van der Waals surface area contributed by atoms with E-state index in [2.05, 4.69) is 50.1 Å². The molecule has 1 atom stereocenters. The van der Waals surface area contributed by atoms with Gasteiger partial charge in [-0.3, -0.25) is 5.41 Å². The van der Waals surface area contributed by atoms with Crippen molar-refractivity contribution in [1.82, 2.24) is 4.90 Å². The Morgan fingerprint density at radius 2 is 2.15 bits per heavy atom. The number of anilines is 1. The van der Waals surface area contributed by atoms with E-state index >= 15 is 0 Å². The van der Waals surface area contributed by atoms with Gasteiger partial charge in [0.05, 0.1) is 6.04 Å². The summed E-state index contributed by atoms with van der Waals surface area (Å²) < 4.78 is 0. The Morgan fingerprint density at radius 1 is 1.45 bits per heavy atom. The number of fused-ring (bicyclic) bond motifs is 1. The van der Waals surface area contributed by atoms with Gasteiger partial charge in [0.2, 0.25) is 0 Å². The van der Waals surface area contributed by atoms with Crippen molar-refractivity contribution in [3.05, 3.63) is 29.8 Å². The predicted octanol–water partition coefficient (Wildman–Crippen LogP) is 2.29. The van der Waals surface area contributed by atoms with Crippen LogP contribution in [0.15, 0.2) is 24.3 Å². The van der Waals surface area contributed by atoms with Gasteiger partial charge in [-0.2, -0.15) is 0 Å². The maximum Gasteiger partial charge on any atom is 0.188 e. The van der Waals surface area contributed by atoms with Gasteiger partial charge in [-0.05, 0) is 30.4 Å². The van der Waals surface area contributed by atoms with E-state index in [1.54, 1.807) is 0 Å². The Labute approximate surface area is 122 Å².